The summed E-state index contributed by atoms with van der Waals surface area (Å²) in [6, 6.07) is 13.8. The van der Waals surface area contributed by atoms with Gasteiger partial charge < -0.3 is 26.0 Å². The molecule has 3 amide bonds. The molecule has 0 saturated carbocycles. The minimum atomic E-state index is -1.14. The number of aromatic carboxylic acids is 1. The van der Waals surface area contributed by atoms with E-state index in [1.165, 1.54) is 0 Å². The van der Waals surface area contributed by atoms with Crippen molar-refractivity contribution in [3.05, 3.63) is 82.2 Å². The lowest BCUT2D eigenvalue weighted by atomic mass is 10.0. The molecule has 202 valence electrons. The third kappa shape index (κ3) is 5.06. The fourth-order valence-corrected chi connectivity index (χ4v) is 5.07. The van der Waals surface area contributed by atoms with E-state index in [0.717, 1.165) is 0 Å². The smallest absolute Gasteiger partial charge is 0.337 e. The number of primary amides is 1. The second-order valence-corrected chi connectivity index (χ2v) is 9.24. The molecule has 0 radical (unpaired) electrons. The van der Waals surface area contributed by atoms with Crippen LogP contribution in [0.4, 0.5) is 11.4 Å². The van der Waals surface area contributed by atoms with Gasteiger partial charge >= 0.3 is 5.97 Å². The maximum atomic E-state index is 13.1. The third-order valence-corrected chi connectivity index (χ3v) is 6.99. The van der Waals surface area contributed by atoms with Crippen molar-refractivity contribution in [1.29, 1.82) is 0 Å². The van der Waals surface area contributed by atoms with Crippen molar-refractivity contribution in [2.45, 2.75) is 33.9 Å². The summed E-state index contributed by atoms with van der Waals surface area (Å²) < 4.78 is 1.60. The van der Waals surface area contributed by atoms with Gasteiger partial charge in [-0.05, 0) is 62.8 Å². The number of hydrogen-bond donors (Lipinski definition) is 4. The third-order valence-electron chi connectivity index (χ3n) is 6.99. The summed E-state index contributed by atoms with van der Waals surface area (Å²) in [6.07, 6.45) is 0.649. The normalized spacial score (nSPS) is 14.3. The number of aromatic nitrogens is 1. The van der Waals surface area contributed by atoms with Crippen LogP contribution in [-0.2, 0) is 9.59 Å². The van der Waals surface area contributed by atoms with E-state index in [9.17, 15) is 24.3 Å². The molecule has 1 aliphatic heterocycles. The summed E-state index contributed by atoms with van der Waals surface area (Å²) in [5.74, 6) is -2.45. The zero-order chi connectivity index (χ0) is 28.4. The molecule has 1 aromatic heterocycles. The minimum absolute atomic E-state index is 0.0536. The maximum Gasteiger partial charge on any atom is 0.337 e. The predicted octanol–water partition coefficient (Wildman–Crippen LogP) is 3.87. The Labute approximate surface area is 226 Å². The first kappa shape index (κ1) is 27.3. The lowest BCUT2D eigenvalue weighted by Gasteiger charge is -2.30. The van der Waals surface area contributed by atoms with Gasteiger partial charge in [-0.25, -0.2) is 4.79 Å². The van der Waals surface area contributed by atoms with E-state index in [1.807, 2.05) is 24.8 Å². The van der Waals surface area contributed by atoms with E-state index < -0.39 is 23.9 Å². The van der Waals surface area contributed by atoms with Crippen LogP contribution in [0, 0.1) is 13.8 Å². The Morgan fingerprint density at radius 2 is 1.77 bits per heavy atom. The van der Waals surface area contributed by atoms with Crippen LogP contribution >= 0.6 is 0 Å². The summed E-state index contributed by atoms with van der Waals surface area (Å²) in [6.45, 7) is 8.05. The highest BCUT2D eigenvalue weighted by Crippen LogP contribution is 2.37. The van der Waals surface area contributed by atoms with Gasteiger partial charge in [-0.2, -0.15) is 0 Å². The Morgan fingerprint density at radius 3 is 2.36 bits per heavy atom. The van der Waals surface area contributed by atoms with Crippen molar-refractivity contribution < 1.29 is 24.3 Å². The second kappa shape index (κ2) is 11.0. The molecule has 10 nitrogen and oxygen atoms in total. The van der Waals surface area contributed by atoms with Gasteiger partial charge in [0.25, 0.3) is 17.7 Å². The number of carbonyl (C=O) groups is 4. The van der Waals surface area contributed by atoms with Crippen LogP contribution in [0.2, 0.25) is 0 Å². The summed E-state index contributed by atoms with van der Waals surface area (Å²) in [5, 5.41) is 15.6. The SMILES string of the molecule is CCN(CC)C(C(N)=O)n1c(C)c(C(=O)O)c(C)c1C=C1C(=O)Nc2cc(NC(=O)c3ccccc3)ccc21. The van der Waals surface area contributed by atoms with Crippen LogP contribution in [0.15, 0.2) is 48.5 Å². The van der Waals surface area contributed by atoms with E-state index in [0.29, 0.717) is 58.1 Å². The van der Waals surface area contributed by atoms with Crippen molar-refractivity contribution in [1.82, 2.24) is 9.47 Å². The largest absolute Gasteiger partial charge is 0.478 e. The average Bonchev–Trinajstić information content (AvgIpc) is 3.34. The minimum Gasteiger partial charge on any atom is -0.478 e. The Morgan fingerprint density at radius 1 is 1.10 bits per heavy atom. The lowest BCUT2D eigenvalue weighted by Crippen LogP contribution is -2.42. The van der Waals surface area contributed by atoms with E-state index in [1.54, 1.807) is 67.0 Å². The van der Waals surface area contributed by atoms with Crippen LogP contribution in [-0.4, -0.2) is 51.4 Å². The van der Waals surface area contributed by atoms with E-state index in [2.05, 4.69) is 10.6 Å². The molecule has 0 fully saturated rings. The molecule has 4 rings (SSSR count). The Kier molecular flexibility index (Phi) is 7.68. The molecule has 0 spiro atoms. The Hall–Kier alpha value is -4.70. The summed E-state index contributed by atoms with van der Waals surface area (Å²) >= 11 is 0. The van der Waals surface area contributed by atoms with Gasteiger partial charge in [0.2, 0.25) is 0 Å². The quantitative estimate of drug-likeness (QED) is 0.310. The summed E-state index contributed by atoms with van der Waals surface area (Å²) in [4.78, 5) is 52.3. The maximum absolute atomic E-state index is 13.1. The first-order chi connectivity index (χ1) is 18.6. The molecule has 2 aromatic carbocycles. The van der Waals surface area contributed by atoms with Crippen molar-refractivity contribution >= 4 is 46.7 Å². The Bertz CT molecular complexity index is 1500. The number of anilines is 2. The monoisotopic (exact) mass is 529 g/mol. The zero-order valence-electron chi connectivity index (χ0n) is 22.2. The lowest BCUT2D eigenvalue weighted by molar-refractivity contribution is -0.126. The van der Waals surface area contributed by atoms with Crippen molar-refractivity contribution in [2.75, 3.05) is 23.7 Å². The molecule has 0 bridgehead atoms. The number of carboxylic acids is 1. The van der Waals surface area contributed by atoms with Crippen LogP contribution < -0.4 is 16.4 Å². The van der Waals surface area contributed by atoms with E-state index in [4.69, 9.17) is 5.73 Å². The molecular formula is C29H31N5O5. The molecule has 1 unspecified atom stereocenters. The zero-order valence-corrected chi connectivity index (χ0v) is 22.2. The number of nitrogens with zero attached hydrogens (tertiary/aromatic N) is 2. The highest BCUT2D eigenvalue weighted by atomic mass is 16.4. The number of nitrogens with two attached hydrogens (primary N) is 1. The van der Waals surface area contributed by atoms with Gasteiger partial charge in [-0.3, -0.25) is 19.3 Å². The number of amides is 3. The number of hydrogen-bond acceptors (Lipinski definition) is 5. The van der Waals surface area contributed by atoms with Gasteiger partial charge in [-0.15, -0.1) is 0 Å². The molecule has 39 heavy (non-hydrogen) atoms. The number of rotatable bonds is 9. The fraction of sp³-hybridized carbons (Fsp3) is 0.241. The number of nitrogens with one attached hydrogen (secondary N) is 2. The number of carboxylic acid groups (broad SMARTS) is 1. The van der Waals surface area contributed by atoms with Crippen molar-refractivity contribution in [3.63, 3.8) is 0 Å². The molecular weight excluding hydrogens is 498 g/mol. The van der Waals surface area contributed by atoms with Gasteiger partial charge in [0, 0.05) is 28.2 Å². The molecule has 1 atom stereocenters. The predicted molar refractivity (Wildman–Crippen MR) is 149 cm³/mol. The Balaban J connectivity index is 1.80. The van der Waals surface area contributed by atoms with Gasteiger partial charge in [-0.1, -0.05) is 38.1 Å². The number of likely N-dealkylation sites (N-methyl/N-ethyl adjacent to an activating group) is 1. The molecule has 2 heterocycles. The van der Waals surface area contributed by atoms with Crippen LogP contribution in [0.3, 0.4) is 0 Å². The van der Waals surface area contributed by atoms with E-state index in [-0.39, 0.29) is 11.5 Å². The number of carbonyl (C=O) groups excluding carboxylic acids is 3. The second-order valence-electron chi connectivity index (χ2n) is 9.24. The van der Waals surface area contributed by atoms with Crippen LogP contribution in [0.5, 0.6) is 0 Å². The first-order valence-corrected chi connectivity index (χ1v) is 12.6. The highest BCUT2D eigenvalue weighted by Gasteiger charge is 2.33. The topological polar surface area (TPSA) is 147 Å². The molecule has 0 aliphatic carbocycles. The van der Waals surface area contributed by atoms with Crippen molar-refractivity contribution in [3.8, 4) is 0 Å². The number of fused-ring (bicyclic) bond motifs is 1. The van der Waals surface area contributed by atoms with E-state index >= 15 is 0 Å². The summed E-state index contributed by atoms with van der Waals surface area (Å²) in [7, 11) is 0. The fourth-order valence-electron chi connectivity index (χ4n) is 5.07. The molecule has 0 saturated heterocycles. The van der Waals surface area contributed by atoms with Gasteiger partial charge in [0.1, 0.15) is 0 Å². The van der Waals surface area contributed by atoms with Gasteiger partial charge in [0.05, 0.1) is 16.8 Å². The van der Waals surface area contributed by atoms with Crippen molar-refractivity contribution in [2.24, 2.45) is 5.73 Å². The molecule has 3 aromatic rings. The molecule has 1 aliphatic rings. The summed E-state index contributed by atoms with van der Waals surface area (Å²) in [5.41, 5.74) is 9.44. The first-order valence-electron chi connectivity index (χ1n) is 12.6. The standard InChI is InChI=1S/C29H31N5O5/c1-5-33(6-2)28(25(30)35)34-17(4)24(29(38)39)16(3)23(34)15-21-20-13-12-19(14-22(20)32-27(21)37)31-26(36)18-10-8-7-9-11-18/h7-15,28H,5-6H2,1-4H3,(H2,30,35)(H,31,36)(H,32,37)(H,38,39). The van der Waals surface area contributed by atoms with Gasteiger partial charge in [0.15, 0.2) is 6.17 Å². The average molecular weight is 530 g/mol. The van der Waals surface area contributed by atoms with Crippen LogP contribution in [0.25, 0.3) is 11.6 Å². The molecule has 10 heteroatoms. The number of benzene rings is 2. The highest BCUT2D eigenvalue weighted by molar-refractivity contribution is 6.35. The van der Waals surface area contributed by atoms with Crippen LogP contribution in [0.1, 0.15) is 63.2 Å². The molecule has 5 N–H and O–H groups in total.